The minimum absolute atomic E-state index is 0.0310. The van der Waals surface area contributed by atoms with E-state index in [9.17, 15) is 4.79 Å². The van der Waals surface area contributed by atoms with Gasteiger partial charge in [0.25, 0.3) is 0 Å². The third-order valence-corrected chi connectivity index (χ3v) is 5.29. The van der Waals surface area contributed by atoms with Crippen molar-refractivity contribution in [2.24, 2.45) is 0 Å². The van der Waals surface area contributed by atoms with E-state index in [0.29, 0.717) is 12.0 Å². The van der Waals surface area contributed by atoms with E-state index in [1.807, 2.05) is 12.1 Å². The number of thioether (sulfide) groups is 1. The fourth-order valence-corrected chi connectivity index (χ4v) is 3.53. The number of benzene rings is 1. The van der Waals surface area contributed by atoms with Crippen LogP contribution in [0.15, 0.2) is 26.0 Å². The number of halogens is 2. The molecule has 0 bridgehead atoms. The van der Waals surface area contributed by atoms with Crippen molar-refractivity contribution in [3.63, 3.8) is 0 Å². The fraction of sp³-hybridized carbons (Fsp3) is 0.200. The Morgan fingerprint density at radius 2 is 2.20 bits per heavy atom. The summed E-state index contributed by atoms with van der Waals surface area (Å²) in [4.78, 5) is 12.7. The van der Waals surface area contributed by atoms with Crippen LogP contribution >= 0.6 is 43.6 Å². The van der Waals surface area contributed by atoms with Gasteiger partial charge in [0.1, 0.15) is 5.25 Å². The van der Waals surface area contributed by atoms with Gasteiger partial charge in [-0.1, -0.05) is 0 Å². The van der Waals surface area contributed by atoms with Gasteiger partial charge >= 0.3 is 0 Å². The first-order valence-electron chi connectivity index (χ1n) is 4.21. The second-order valence-electron chi connectivity index (χ2n) is 3.10. The second-order valence-corrected chi connectivity index (χ2v) is 5.99. The van der Waals surface area contributed by atoms with Gasteiger partial charge in [-0.05, 0) is 44.0 Å². The van der Waals surface area contributed by atoms with Crippen LogP contribution in [0.4, 0.5) is 0 Å². The van der Waals surface area contributed by atoms with E-state index in [2.05, 4.69) is 37.9 Å². The third kappa shape index (κ3) is 1.99. The van der Waals surface area contributed by atoms with Crippen molar-refractivity contribution >= 4 is 49.4 Å². The zero-order valence-electron chi connectivity index (χ0n) is 7.46. The van der Waals surface area contributed by atoms with Crippen molar-refractivity contribution in [3.05, 3.63) is 26.6 Å². The Hall–Kier alpha value is -0.310. The third-order valence-electron chi connectivity index (χ3n) is 2.12. The monoisotopic (exact) mass is 345 g/mol. The van der Waals surface area contributed by atoms with E-state index in [0.717, 1.165) is 13.8 Å². The van der Waals surface area contributed by atoms with E-state index in [-0.39, 0.29) is 11.0 Å². The fourth-order valence-electron chi connectivity index (χ4n) is 1.43. The topological polar surface area (TPSA) is 40.9 Å². The molecule has 0 radical (unpaired) electrons. The van der Waals surface area contributed by atoms with Gasteiger partial charge in [0.05, 0.1) is 6.07 Å². The molecule has 0 saturated heterocycles. The number of fused-ring (bicyclic) bond motifs is 1. The van der Waals surface area contributed by atoms with Crippen molar-refractivity contribution in [2.45, 2.75) is 16.6 Å². The number of rotatable bonds is 0. The smallest absolute Gasteiger partial charge is 0.167 e. The first-order chi connectivity index (χ1) is 7.13. The Morgan fingerprint density at radius 1 is 1.47 bits per heavy atom. The quantitative estimate of drug-likeness (QED) is 0.717. The summed E-state index contributed by atoms with van der Waals surface area (Å²) in [5.41, 5.74) is 0.695. The lowest BCUT2D eigenvalue weighted by Gasteiger charge is -2.19. The molecule has 1 aromatic carbocycles. The molecule has 76 valence electrons. The number of nitriles is 1. The molecule has 0 aromatic heterocycles. The maximum atomic E-state index is 11.8. The molecule has 1 atom stereocenters. The van der Waals surface area contributed by atoms with Crippen LogP contribution in [0.3, 0.4) is 0 Å². The Labute approximate surface area is 108 Å². The van der Waals surface area contributed by atoms with Crippen molar-refractivity contribution in [1.82, 2.24) is 0 Å². The maximum Gasteiger partial charge on any atom is 0.167 e. The molecular formula is C10H5Br2NOS. The summed E-state index contributed by atoms with van der Waals surface area (Å²) in [6.07, 6.45) is 0.295. The van der Waals surface area contributed by atoms with Gasteiger partial charge in [0.2, 0.25) is 0 Å². The Kier molecular flexibility index (Phi) is 3.19. The predicted molar refractivity (Wildman–Crippen MR) is 66.0 cm³/mol. The molecule has 2 rings (SSSR count). The number of ketones is 1. The van der Waals surface area contributed by atoms with Gasteiger partial charge < -0.3 is 0 Å². The van der Waals surface area contributed by atoms with Crippen LogP contribution in [0.2, 0.25) is 0 Å². The highest BCUT2D eigenvalue weighted by Crippen LogP contribution is 2.41. The molecule has 0 fully saturated rings. The van der Waals surface area contributed by atoms with Gasteiger partial charge in [-0.15, -0.1) is 11.8 Å². The van der Waals surface area contributed by atoms with E-state index in [1.165, 1.54) is 11.8 Å². The minimum Gasteiger partial charge on any atom is -0.294 e. The maximum absolute atomic E-state index is 11.8. The molecule has 0 N–H and O–H groups in total. The lowest BCUT2D eigenvalue weighted by Crippen LogP contribution is -2.16. The summed E-state index contributed by atoms with van der Waals surface area (Å²) >= 11 is 8.20. The molecule has 0 saturated carbocycles. The SMILES string of the molecule is N#CC1CC(=O)c2c(ccc(Br)c2Br)S1. The normalized spacial score (nSPS) is 19.5. The zero-order chi connectivity index (χ0) is 11.0. The molecule has 1 aliphatic heterocycles. The Morgan fingerprint density at radius 3 is 2.87 bits per heavy atom. The highest BCUT2D eigenvalue weighted by molar-refractivity contribution is 9.13. The van der Waals surface area contributed by atoms with E-state index in [4.69, 9.17) is 5.26 Å². The summed E-state index contributed by atoms with van der Waals surface area (Å²) in [5, 5.41) is 8.56. The summed E-state index contributed by atoms with van der Waals surface area (Å²) in [6.45, 7) is 0. The average Bonchev–Trinajstić information content (AvgIpc) is 2.23. The minimum atomic E-state index is -0.252. The molecule has 0 spiro atoms. The largest absolute Gasteiger partial charge is 0.294 e. The lowest BCUT2D eigenvalue weighted by molar-refractivity contribution is 0.0979. The van der Waals surface area contributed by atoms with Crippen molar-refractivity contribution in [3.8, 4) is 6.07 Å². The molecule has 2 nitrogen and oxygen atoms in total. The van der Waals surface area contributed by atoms with Crippen molar-refractivity contribution in [1.29, 1.82) is 5.26 Å². The van der Waals surface area contributed by atoms with E-state index < -0.39 is 0 Å². The van der Waals surface area contributed by atoms with Crippen molar-refractivity contribution < 1.29 is 4.79 Å². The van der Waals surface area contributed by atoms with Gasteiger partial charge in [0.15, 0.2) is 5.78 Å². The van der Waals surface area contributed by atoms with Crippen LogP contribution in [0.1, 0.15) is 16.8 Å². The summed E-state index contributed by atoms with van der Waals surface area (Å²) in [6, 6.07) is 5.87. The molecular weight excluding hydrogens is 342 g/mol. The summed E-state index contributed by atoms with van der Waals surface area (Å²) < 4.78 is 1.65. The molecule has 15 heavy (non-hydrogen) atoms. The van der Waals surface area contributed by atoms with E-state index >= 15 is 0 Å². The standard InChI is InChI=1S/C10H5Br2NOS/c11-6-1-2-8-9(10(6)12)7(14)3-5(4-13)15-8/h1-2,5H,3H2. The highest BCUT2D eigenvalue weighted by Gasteiger charge is 2.28. The number of hydrogen-bond donors (Lipinski definition) is 0. The first kappa shape index (κ1) is 11.2. The zero-order valence-corrected chi connectivity index (χ0v) is 11.4. The Bertz CT molecular complexity index is 481. The van der Waals surface area contributed by atoms with Crippen LogP contribution in [-0.2, 0) is 0 Å². The predicted octanol–water partition coefficient (Wildman–Crippen LogP) is 3.78. The average molecular weight is 347 g/mol. The number of Topliss-reactive ketones (excluding diaryl/α,β-unsaturated/α-hetero) is 1. The Balaban J connectivity index is 2.56. The van der Waals surface area contributed by atoms with Gasteiger partial charge in [0, 0.05) is 25.8 Å². The summed E-state index contributed by atoms with van der Waals surface area (Å²) in [7, 11) is 0. The molecule has 5 heteroatoms. The van der Waals surface area contributed by atoms with Crippen LogP contribution < -0.4 is 0 Å². The highest BCUT2D eigenvalue weighted by atomic mass is 79.9. The molecule has 0 amide bonds. The van der Waals surface area contributed by atoms with Crippen LogP contribution in [-0.4, -0.2) is 11.0 Å². The van der Waals surface area contributed by atoms with Gasteiger partial charge in [-0.25, -0.2) is 0 Å². The van der Waals surface area contributed by atoms with Crippen LogP contribution in [0, 0.1) is 11.3 Å². The first-order valence-corrected chi connectivity index (χ1v) is 6.67. The number of hydrogen-bond acceptors (Lipinski definition) is 3. The second kappa shape index (κ2) is 4.28. The molecule has 1 aromatic rings. The number of carbonyl (C=O) groups is 1. The van der Waals surface area contributed by atoms with E-state index in [1.54, 1.807) is 0 Å². The van der Waals surface area contributed by atoms with Gasteiger partial charge in [-0.3, -0.25) is 4.79 Å². The van der Waals surface area contributed by atoms with Crippen molar-refractivity contribution in [2.75, 3.05) is 0 Å². The van der Waals surface area contributed by atoms with Crippen LogP contribution in [0.25, 0.3) is 0 Å². The molecule has 1 unspecified atom stereocenters. The molecule has 1 heterocycles. The van der Waals surface area contributed by atoms with Gasteiger partial charge in [-0.2, -0.15) is 5.26 Å². The number of carbonyl (C=O) groups excluding carboxylic acids is 1. The number of nitrogens with zero attached hydrogens (tertiary/aromatic N) is 1. The molecule has 0 aliphatic carbocycles. The summed E-state index contributed by atoms with van der Waals surface area (Å²) in [5.74, 6) is 0.0310. The van der Waals surface area contributed by atoms with Crippen LogP contribution in [0.5, 0.6) is 0 Å². The lowest BCUT2D eigenvalue weighted by atomic mass is 10.1. The molecule has 1 aliphatic rings.